The number of hydrogen-bond donors (Lipinski definition) is 1. The van der Waals surface area contributed by atoms with Crippen LogP contribution in [-0.2, 0) is 40.1 Å². The van der Waals surface area contributed by atoms with Crippen molar-refractivity contribution in [3.63, 3.8) is 0 Å². The molecule has 2 aromatic rings. The van der Waals surface area contributed by atoms with Crippen LogP contribution in [0.2, 0.25) is 0 Å². The zero-order valence-corrected chi connectivity index (χ0v) is 21.7. The summed E-state index contributed by atoms with van der Waals surface area (Å²) in [6.45, 7) is 7.82. The molecule has 1 aromatic heterocycles. The molecule has 0 unspecified atom stereocenters. The molecule has 0 saturated heterocycles. The van der Waals surface area contributed by atoms with E-state index in [9.17, 15) is 22.8 Å². The van der Waals surface area contributed by atoms with Crippen molar-refractivity contribution in [1.29, 1.82) is 0 Å². The van der Waals surface area contributed by atoms with Crippen LogP contribution in [0.4, 0.5) is 4.79 Å². The van der Waals surface area contributed by atoms with Crippen molar-refractivity contribution in [2.75, 3.05) is 13.2 Å². The number of hydrogen-bond acceptors (Lipinski definition) is 11. The number of esters is 2. The largest absolute Gasteiger partial charge is 0.464 e. The number of nitrogens with zero attached hydrogens (tertiary/aromatic N) is 2. The molecule has 198 valence electrons. The van der Waals surface area contributed by atoms with E-state index in [4.69, 9.17) is 14.2 Å². The third-order valence-corrected chi connectivity index (χ3v) is 6.47. The minimum atomic E-state index is -4.02. The van der Waals surface area contributed by atoms with Gasteiger partial charge in [-0.3, -0.25) is 5.32 Å². The Morgan fingerprint density at radius 1 is 0.972 bits per heavy atom. The van der Waals surface area contributed by atoms with Gasteiger partial charge in [0, 0.05) is 0 Å². The Morgan fingerprint density at radius 3 is 2.08 bits per heavy atom. The fraction of sp³-hybridized carbons (Fsp3) is 0.522. The first-order chi connectivity index (χ1) is 16.9. The summed E-state index contributed by atoms with van der Waals surface area (Å²) in [5.41, 5.74) is -3.14. The molecule has 0 radical (unpaired) electrons. The van der Waals surface area contributed by atoms with Crippen molar-refractivity contribution in [2.45, 2.75) is 74.9 Å². The van der Waals surface area contributed by atoms with E-state index >= 15 is 0 Å². The lowest BCUT2D eigenvalue weighted by Crippen LogP contribution is -2.62. The zero-order valence-electron chi connectivity index (χ0n) is 20.9. The molecule has 12 nitrogen and oxygen atoms in total. The number of amides is 1. The van der Waals surface area contributed by atoms with Crippen molar-refractivity contribution in [3.05, 3.63) is 36.0 Å². The summed E-state index contributed by atoms with van der Waals surface area (Å²) in [6.07, 6.45) is -1.39. The first kappa shape index (κ1) is 28.8. The van der Waals surface area contributed by atoms with E-state index < -0.39 is 39.0 Å². The summed E-state index contributed by atoms with van der Waals surface area (Å²) in [5, 5.41) is 9.18. The second kappa shape index (κ2) is 12.0. The summed E-state index contributed by atoms with van der Waals surface area (Å²) in [7, 11) is -4.02. The molecule has 0 fully saturated rings. The number of sulfone groups is 1. The predicted molar refractivity (Wildman–Crippen MR) is 124 cm³/mol. The number of aromatic nitrogens is 2. The number of carbonyl (C=O) groups excluding carboxylic acids is 3. The zero-order chi connectivity index (χ0) is 27.0. The Bertz CT molecular complexity index is 1140. The van der Waals surface area contributed by atoms with Gasteiger partial charge in [0.1, 0.15) is 11.3 Å². The van der Waals surface area contributed by atoms with Crippen molar-refractivity contribution in [1.82, 2.24) is 15.6 Å². The summed E-state index contributed by atoms with van der Waals surface area (Å²) in [4.78, 5) is 38.5. The fourth-order valence-corrected chi connectivity index (χ4v) is 4.55. The van der Waals surface area contributed by atoms with Crippen molar-refractivity contribution >= 4 is 27.9 Å². The molecule has 0 aliphatic carbocycles. The SMILES string of the molecule is CCOC(=O)C(CCCc1nonc1S(=O)(=O)c1ccccc1)(NC(=O)OC(C)(C)C)C(=O)OCC. The van der Waals surface area contributed by atoms with Gasteiger partial charge in [-0.25, -0.2) is 27.4 Å². The van der Waals surface area contributed by atoms with Crippen LogP contribution < -0.4 is 5.32 Å². The van der Waals surface area contributed by atoms with Crippen LogP contribution in [0.1, 0.15) is 53.2 Å². The van der Waals surface area contributed by atoms with Crippen LogP contribution >= 0.6 is 0 Å². The number of nitrogens with one attached hydrogen (secondary N) is 1. The molecule has 36 heavy (non-hydrogen) atoms. The molecule has 0 atom stereocenters. The third kappa shape index (κ3) is 7.03. The van der Waals surface area contributed by atoms with Crippen molar-refractivity contribution in [3.8, 4) is 0 Å². The number of ether oxygens (including phenoxy) is 3. The highest BCUT2D eigenvalue weighted by atomic mass is 32.2. The highest BCUT2D eigenvalue weighted by Gasteiger charge is 2.51. The van der Waals surface area contributed by atoms with Crippen LogP contribution in [0.3, 0.4) is 0 Å². The lowest BCUT2D eigenvalue weighted by atomic mass is 9.92. The second-order valence-electron chi connectivity index (χ2n) is 8.66. The van der Waals surface area contributed by atoms with Gasteiger partial charge in [0.15, 0.2) is 0 Å². The Kier molecular flexibility index (Phi) is 9.56. The summed E-state index contributed by atoms with van der Waals surface area (Å²) in [6, 6.07) is 7.62. The molecule has 13 heteroatoms. The minimum Gasteiger partial charge on any atom is -0.464 e. The van der Waals surface area contributed by atoms with Crippen LogP contribution in [0, 0.1) is 0 Å². The number of benzene rings is 1. The van der Waals surface area contributed by atoms with E-state index in [0.29, 0.717) is 0 Å². The maximum atomic E-state index is 13.0. The maximum absolute atomic E-state index is 13.0. The molecular formula is C23H31N3O9S. The lowest BCUT2D eigenvalue weighted by molar-refractivity contribution is -0.166. The number of aryl methyl sites for hydroxylation is 1. The van der Waals surface area contributed by atoms with Gasteiger partial charge < -0.3 is 14.2 Å². The average molecular weight is 526 g/mol. The Balaban J connectivity index is 2.33. The first-order valence-electron chi connectivity index (χ1n) is 11.3. The van der Waals surface area contributed by atoms with Gasteiger partial charge in [0.2, 0.25) is 20.4 Å². The van der Waals surface area contributed by atoms with E-state index in [2.05, 4.69) is 20.3 Å². The van der Waals surface area contributed by atoms with Crippen LogP contribution in [0.15, 0.2) is 44.9 Å². The molecule has 1 heterocycles. The smallest absolute Gasteiger partial charge is 0.409 e. The van der Waals surface area contributed by atoms with E-state index in [1.54, 1.807) is 52.8 Å². The molecule has 2 rings (SSSR count). The molecule has 0 saturated carbocycles. The molecule has 0 aliphatic rings. The molecule has 1 aromatic carbocycles. The van der Waals surface area contributed by atoms with Crippen LogP contribution in [-0.4, -0.2) is 61.1 Å². The number of alkyl carbamates (subject to hydrolysis) is 1. The monoisotopic (exact) mass is 525 g/mol. The number of rotatable bonds is 11. The van der Waals surface area contributed by atoms with E-state index in [-0.39, 0.29) is 48.1 Å². The van der Waals surface area contributed by atoms with Gasteiger partial charge >= 0.3 is 18.0 Å². The van der Waals surface area contributed by atoms with E-state index in [1.807, 2.05) is 0 Å². The first-order valence-corrected chi connectivity index (χ1v) is 12.8. The van der Waals surface area contributed by atoms with Gasteiger partial charge in [-0.2, -0.15) is 0 Å². The lowest BCUT2D eigenvalue weighted by Gasteiger charge is -2.31. The second-order valence-corrected chi connectivity index (χ2v) is 10.5. The summed E-state index contributed by atoms with van der Waals surface area (Å²) in [5.74, 6) is -2.07. The fourth-order valence-electron chi connectivity index (χ4n) is 3.23. The van der Waals surface area contributed by atoms with Crippen LogP contribution in [0.25, 0.3) is 0 Å². The van der Waals surface area contributed by atoms with Gasteiger partial charge in [-0.05, 0) is 71.2 Å². The van der Waals surface area contributed by atoms with Gasteiger partial charge in [-0.15, -0.1) is 0 Å². The highest BCUT2D eigenvalue weighted by Crippen LogP contribution is 2.25. The standard InChI is InChI=1S/C23H31N3O9S/c1-6-32-19(27)23(20(28)33-7-2,24-21(29)34-22(3,4)5)15-11-14-17-18(26-35-25-17)36(30,31)16-12-9-8-10-13-16/h8-10,12-13H,6-7,11,14-15H2,1-5H3,(H,24,29). The van der Waals surface area contributed by atoms with Crippen molar-refractivity contribution in [2.24, 2.45) is 0 Å². The topological polar surface area (TPSA) is 164 Å². The van der Waals surface area contributed by atoms with Gasteiger partial charge in [0.05, 0.1) is 18.1 Å². The minimum absolute atomic E-state index is 0.000867. The molecule has 1 amide bonds. The Hall–Kier alpha value is -3.48. The molecule has 0 spiro atoms. The Morgan fingerprint density at radius 2 is 1.56 bits per heavy atom. The highest BCUT2D eigenvalue weighted by molar-refractivity contribution is 7.91. The third-order valence-electron chi connectivity index (χ3n) is 4.76. The maximum Gasteiger partial charge on any atom is 0.409 e. The molecular weight excluding hydrogens is 494 g/mol. The number of carbonyl (C=O) groups is 3. The summed E-state index contributed by atoms with van der Waals surface area (Å²) < 4.78 is 46.0. The van der Waals surface area contributed by atoms with E-state index in [0.717, 1.165) is 0 Å². The Labute approximate surface area is 209 Å². The van der Waals surface area contributed by atoms with Gasteiger partial charge in [-0.1, -0.05) is 23.4 Å². The molecule has 0 bridgehead atoms. The van der Waals surface area contributed by atoms with Crippen molar-refractivity contribution < 1.29 is 41.6 Å². The van der Waals surface area contributed by atoms with Gasteiger partial charge in [0.25, 0.3) is 0 Å². The normalized spacial score (nSPS) is 12.0. The molecule has 0 aliphatic heterocycles. The van der Waals surface area contributed by atoms with Crippen LogP contribution in [0.5, 0.6) is 0 Å². The van der Waals surface area contributed by atoms with E-state index in [1.165, 1.54) is 12.1 Å². The predicted octanol–water partition coefficient (Wildman–Crippen LogP) is 2.61. The quantitative estimate of drug-likeness (QED) is 0.260. The summed E-state index contributed by atoms with van der Waals surface area (Å²) >= 11 is 0. The average Bonchev–Trinajstić information content (AvgIpc) is 3.27. The molecule has 1 N–H and O–H groups in total.